The summed E-state index contributed by atoms with van der Waals surface area (Å²) in [6.45, 7) is 8.18. The van der Waals surface area contributed by atoms with Gasteiger partial charge in [0.25, 0.3) is 5.91 Å². The number of rotatable bonds is 6. The summed E-state index contributed by atoms with van der Waals surface area (Å²) in [5, 5.41) is 0. The molecule has 30 heavy (non-hydrogen) atoms. The predicted molar refractivity (Wildman–Crippen MR) is 119 cm³/mol. The Labute approximate surface area is 177 Å². The monoisotopic (exact) mass is 407 g/mol. The number of piperazine rings is 1. The molecule has 3 aromatic rings. The number of primary amides is 1. The maximum absolute atomic E-state index is 12.0. The van der Waals surface area contributed by atoms with Gasteiger partial charge in [-0.3, -0.25) is 9.69 Å². The van der Waals surface area contributed by atoms with Gasteiger partial charge in [-0.1, -0.05) is 12.1 Å². The van der Waals surface area contributed by atoms with Crippen molar-refractivity contribution in [2.75, 3.05) is 31.1 Å². The van der Waals surface area contributed by atoms with Gasteiger partial charge in [0.2, 0.25) is 0 Å². The number of amides is 1. The van der Waals surface area contributed by atoms with Gasteiger partial charge in [0, 0.05) is 39.3 Å². The van der Waals surface area contributed by atoms with Gasteiger partial charge >= 0.3 is 0 Å². The fourth-order valence-corrected chi connectivity index (χ4v) is 4.01. The van der Waals surface area contributed by atoms with Crippen LogP contribution in [0.5, 0.6) is 5.75 Å². The first-order valence-corrected chi connectivity index (χ1v) is 10.4. The van der Waals surface area contributed by atoms with Crippen LogP contribution in [0, 0.1) is 0 Å². The molecule has 0 bridgehead atoms. The molecule has 1 aliphatic heterocycles. The molecule has 1 saturated heterocycles. The highest BCUT2D eigenvalue weighted by Gasteiger charge is 2.23. The number of ether oxygens (including phenoxy) is 1. The Balaban J connectivity index is 1.47. The molecular weight excluding hydrogens is 378 g/mol. The van der Waals surface area contributed by atoms with E-state index in [9.17, 15) is 4.79 Å². The highest BCUT2D eigenvalue weighted by atomic mass is 16.5. The van der Waals surface area contributed by atoms with E-state index >= 15 is 0 Å². The molecule has 0 atom stereocenters. The van der Waals surface area contributed by atoms with Gasteiger partial charge in [0.15, 0.2) is 0 Å². The van der Waals surface area contributed by atoms with Crippen LogP contribution in [0.1, 0.15) is 30.0 Å². The minimum absolute atomic E-state index is 0.0717. The number of carbonyl (C=O) groups excluding carboxylic acids is 1. The van der Waals surface area contributed by atoms with Crippen LogP contribution in [0.4, 0.5) is 5.69 Å². The van der Waals surface area contributed by atoms with E-state index in [0.29, 0.717) is 5.56 Å². The molecule has 2 N–H and O–H groups in total. The lowest BCUT2D eigenvalue weighted by atomic mass is 10.1. The Kier molecular flexibility index (Phi) is 5.63. The molecule has 1 amide bonds. The topological polar surface area (TPSA) is 76.6 Å². The number of imidazole rings is 1. The van der Waals surface area contributed by atoms with Crippen molar-refractivity contribution in [1.29, 1.82) is 0 Å². The Morgan fingerprint density at radius 3 is 2.53 bits per heavy atom. The first kappa shape index (κ1) is 20.2. The third kappa shape index (κ3) is 4.11. The molecule has 7 nitrogen and oxygen atoms in total. The summed E-state index contributed by atoms with van der Waals surface area (Å²) in [5.74, 6) is 1.41. The fourth-order valence-electron chi connectivity index (χ4n) is 4.01. The van der Waals surface area contributed by atoms with Crippen LogP contribution >= 0.6 is 0 Å². The number of aryl methyl sites for hydroxylation is 1. The van der Waals surface area contributed by atoms with Gasteiger partial charge in [-0.15, -0.1) is 0 Å². The van der Waals surface area contributed by atoms with Crippen molar-refractivity contribution in [3.63, 3.8) is 0 Å². The van der Waals surface area contributed by atoms with Gasteiger partial charge in [-0.25, -0.2) is 4.98 Å². The van der Waals surface area contributed by atoms with E-state index in [0.717, 1.165) is 61.0 Å². The van der Waals surface area contributed by atoms with Crippen LogP contribution < -0.4 is 15.4 Å². The zero-order valence-electron chi connectivity index (χ0n) is 17.8. The predicted octanol–water partition coefficient (Wildman–Crippen LogP) is 2.78. The molecule has 1 aromatic heterocycles. The first-order valence-electron chi connectivity index (χ1n) is 10.4. The lowest BCUT2D eigenvalue weighted by Crippen LogP contribution is -2.46. The Morgan fingerprint density at radius 1 is 1.13 bits per heavy atom. The maximum atomic E-state index is 12.0. The molecule has 4 rings (SSSR count). The number of hydrogen-bond donors (Lipinski definition) is 1. The standard InChI is InChI=1S/C23H29N5O2/c1-16(2)30-17-8-9-18(23(24)29)21(14-17)28-12-10-27(11-13-28)15-22-25-19-6-4-5-7-20(19)26(22)3/h4-9,14,16H,10-13,15H2,1-3H3,(H2,24,29). The molecule has 0 saturated carbocycles. The molecule has 1 aliphatic rings. The molecule has 0 unspecified atom stereocenters. The summed E-state index contributed by atoms with van der Waals surface area (Å²) in [6.07, 6.45) is 0.0717. The molecule has 0 aliphatic carbocycles. The molecule has 7 heteroatoms. The SMILES string of the molecule is CC(C)Oc1ccc(C(N)=O)c(N2CCN(Cc3nc4ccccc4n3C)CC2)c1. The number of fused-ring (bicyclic) bond motifs is 1. The van der Waals surface area contributed by atoms with Crippen LogP contribution in [0.3, 0.4) is 0 Å². The van der Waals surface area contributed by atoms with Gasteiger partial charge in [-0.05, 0) is 38.1 Å². The number of nitrogens with two attached hydrogens (primary N) is 1. The average molecular weight is 408 g/mol. The Hall–Kier alpha value is -3.06. The molecular formula is C23H29N5O2. The minimum Gasteiger partial charge on any atom is -0.491 e. The van der Waals surface area contributed by atoms with Gasteiger partial charge in [0.05, 0.1) is 34.9 Å². The average Bonchev–Trinajstić information content (AvgIpc) is 3.03. The summed E-state index contributed by atoms with van der Waals surface area (Å²) in [4.78, 5) is 21.4. The van der Waals surface area contributed by atoms with Crippen LogP contribution in [-0.4, -0.2) is 52.6 Å². The van der Waals surface area contributed by atoms with Crippen molar-refractivity contribution in [2.45, 2.75) is 26.5 Å². The lowest BCUT2D eigenvalue weighted by molar-refractivity contribution is 0.100. The summed E-state index contributed by atoms with van der Waals surface area (Å²) in [5.41, 5.74) is 9.20. The molecule has 2 heterocycles. The second kappa shape index (κ2) is 8.36. The smallest absolute Gasteiger partial charge is 0.250 e. The van der Waals surface area contributed by atoms with E-state index in [4.69, 9.17) is 15.5 Å². The fraction of sp³-hybridized carbons (Fsp3) is 0.391. The maximum Gasteiger partial charge on any atom is 0.250 e. The highest BCUT2D eigenvalue weighted by molar-refractivity contribution is 5.99. The lowest BCUT2D eigenvalue weighted by Gasteiger charge is -2.36. The molecule has 158 valence electrons. The second-order valence-electron chi connectivity index (χ2n) is 8.05. The van der Waals surface area contributed by atoms with E-state index in [1.165, 1.54) is 0 Å². The van der Waals surface area contributed by atoms with Crippen molar-refractivity contribution in [1.82, 2.24) is 14.5 Å². The zero-order chi connectivity index (χ0) is 21.3. The van der Waals surface area contributed by atoms with Crippen LogP contribution in [0.15, 0.2) is 42.5 Å². The third-order valence-electron chi connectivity index (χ3n) is 5.56. The molecule has 1 fully saturated rings. The number of anilines is 1. The normalized spacial score (nSPS) is 15.1. The Bertz CT molecular complexity index is 1050. The van der Waals surface area contributed by atoms with E-state index in [-0.39, 0.29) is 6.10 Å². The molecule has 0 radical (unpaired) electrons. The number of hydrogen-bond acceptors (Lipinski definition) is 5. The highest BCUT2D eigenvalue weighted by Crippen LogP contribution is 2.28. The second-order valence-corrected chi connectivity index (χ2v) is 8.05. The number of nitrogens with zero attached hydrogens (tertiary/aromatic N) is 4. The van der Waals surface area contributed by atoms with E-state index in [1.54, 1.807) is 6.07 Å². The number of para-hydroxylation sites is 2. The van der Waals surface area contributed by atoms with E-state index < -0.39 is 5.91 Å². The quantitative estimate of drug-likeness (QED) is 0.680. The van der Waals surface area contributed by atoms with Crippen molar-refractivity contribution in [2.24, 2.45) is 12.8 Å². The first-order chi connectivity index (χ1) is 14.4. The Morgan fingerprint density at radius 2 is 1.87 bits per heavy atom. The van der Waals surface area contributed by atoms with Crippen molar-refractivity contribution in [3.8, 4) is 5.75 Å². The van der Waals surface area contributed by atoms with Crippen LogP contribution in [0.2, 0.25) is 0 Å². The number of aromatic nitrogens is 2. The van der Waals surface area contributed by atoms with Crippen molar-refractivity contribution >= 4 is 22.6 Å². The van der Waals surface area contributed by atoms with Gasteiger partial charge in [0.1, 0.15) is 11.6 Å². The van der Waals surface area contributed by atoms with Crippen molar-refractivity contribution < 1.29 is 9.53 Å². The molecule has 0 spiro atoms. The zero-order valence-corrected chi connectivity index (χ0v) is 17.8. The van der Waals surface area contributed by atoms with Crippen LogP contribution in [-0.2, 0) is 13.6 Å². The van der Waals surface area contributed by atoms with E-state index in [2.05, 4.69) is 27.5 Å². The summed E-state index contributed by atoms with van der Waals surface area (Å²) in [6, 6.07) is 13.7. The summed E-state index contributed by atoms with van der Waals surface area (Å²) < 4.78 is 7.99. The summed E-state index contributed by atoms with van der Waals surface area (Å²) in [7, 11) is 2.07. The van der Waals surface area contributed by atoms with E-state index in [1.807, 2.05) is 44.2 Å². The minimum atomic E-state index is -0.414. The third-order valence-corrected chi connectivity index (χ3v) is 5.56. The summed E-state index contributed by atoms with van der Waals surface area (Å²) >= 11 is 0. The van der Waals surface area contributed by atoms with Crippen LogP contribution in [0.25, 0.3) is 11.0 Å². The number of carbonyl (C=O) groups is 1. The largest absolute Gasteiger partial charge is 0.491 e. The molecule has 2 aromatic carbocycles. The van der Waals surface area contributed by atoms with Crippen molar-refractivity contribution in [3.05, 3.63) is 53.9 Å². The number of benzene rings is 2. The van der Waals surface area contributed by atoms with Gasteiger partial charge < -0.3 is 19.9 Å². The van der Waals surface area contributed by atoms with Gasteiger partial charge in [-0.2, -0.15) is 0 Å².